The Morgan fingerprint density at radius 2 is 1.90 bits per heavy atom. The fourth-order valence-corrected chi connectivity index (χ4v) is 2.40. The van der Waals surface area contributed by atoms with Crippen molar-refractivity contribution in [3.05, 3.63) is 59.7 Å². The number of carbonyl (C=O) groups is 1. The Hall–Kier alpha value is -1.94. The summed E-state index contributed by atoms with van der Waals surface area (Å²) < 4.78 is 0. The molecule has 2 aromatic carbocycles. The van der Waals surface area contributed by atoms with Gasteiger partial charge in [-0.3, -0.25) is 4.79 Å². The van der Waals surface area contributed by atoms with E-state index in [0.29, 0.717) is 17.8 Å². The lowest BCUT2D eigenvalue weighted by molar-refractivity contribution is 0.0785. The second-order valence-corrected chi connectivity index (χ2v) is 5.51. The molecular weight excluding hydrogens is 268 g/mol. The van der Waals surface area contributed by atoms with E-state index in [9.17, 15) is 4.79 Å². The Kier molecular flexibility index (Phi) is 4.69. The highest BCUT2D eigenvalue weighted by Gasteiger charge is 2.11. The molecule has 1 amide bonds. The highest BCUT2D eigenvalue weighted by Crippen LogP contribution is 2.16. The van der Waals surface area contributed by atoms with Crippen molar-refractivity contribution in [3.8, 4) is 0 Å². The van der Waals surface area contributed by atoms with Gasteiger partial charge in [0.05, 0.1) is 0 Å². The molecule has 0 unspecified atom stereocenters. The van der Waals surface area contributed by atoms with E-state index in [1.54, 1.807) is 23.7 Å². The van der Waals surface area contributed by atoms with E-state index in [0.717, 1.165) is 10.5 Å². The maximum atomic E-state index is 12.3. The van der Waals surface area contributed by atoms with Crippen LogP contribution in [0.1, 0.15) is 15.9 Å². The minimum atomic E-state index is 0.0140. The lowest BCUT2D eigenvalue weighted by atomic mass is 10.1. The summed E-state index contributed by atoms with van der Waals surface area (Å²) in [4.78, 5) is 15.2. The van der Waals surface area contributed by atoms with Gasteiger partial charge in [-0.2, -0.15) is 0 Å². The van der Waals surface area contributed by atoms with Gasteiger partial charge in [0.25, 0.3) is 5.91 Å². The second kappa shape index (κ2) is 6.48. The number of nitrogens with two attached hydrogens (primary N) is 1. The molecule has 2 N–H and O–H groups in total. The monoisotopic (exact) mass is 286 g/mol. The minimum absolute atomic E-state index is 0.0140. The third kappa shape index (κ3) is 3.54. The number of benzene rings is 2. The summed E-state index contributed by atoms with van der Waals surface area (Å²) >= 11 is 1.66. The van der Waals surface area contributed by atoms with Crippen LogP contribution in [0.3, 0.4) is 0 Å². The van der Waals surface area contributed by atoms with E-state index >= 15 is 0 Å². The molecule has 3 nitrogen and oxygen atoms in total. The molecule has 0 aromatic heterocycles. The first-order valence-corrected chi connectivity index (χ1v) is 7.56. The van der Waals surface area contributed by atoms with Crippen LogP contribution in [0.5, 0.6) is 0 Å². The molecule has 0 fully saturated rings. The maximum absolute atomic E-state index is 12.3. The van der Waals surface area contributed by atoms with Crippen molar-refractivity contribution in [1.82, 2.24) is 4.90 Å². The fraction of sp³-hybridized carbons (Fsp3) is 0.188. The number of nitrogen functional groups attached to an aromatic ring is 1. The molecule has 4 heteroatoms. The Labute approximate surface area is 123 Å². The van der Waals surface area contributed by atoms with Gasteiger partial charge in [-0.15, -0.1) is 11.8 Å². The molecule has 0 spiro atoms. The molecule has 0 aliphatic carbocycles. The van der Waals surface area contributed by atoms with Crippen molar-refractivity contribution < 1.29 is 4.79 Å². The van der Waals surface area contributed by atoms with Crippen LogP contribution in [0.2, 0.25) is 0 Å². The van der Waals surface area contributed by atoms with Crippen molar-refractivity contribution in [3.63, 3.8) is 0 Å². The summed E-state index contributed by atoms with van der Waals surface area (Å²) in [6, 6.07) is 15.3. The maximum Gasteiger partial charge on any atom is 0.253 e. The van der Waals surface area contributed by atoms with Gasteiger partial charge in [0, 0.05) is 29.7 Å². The number of anilines is 1. The summed E-state index contributed by atoms with van der Waals surface area (Å²) in [6.45, 7) is 0.550. The van der Waals surface area contributed by atoms with Crippen LogP contribution in [-0.2, 0) is 6.54 Å². The van der Waals surface area contributed by atoms with Gasteiger partial charge >= 0.3 is 0 Å². The third-order valence-corrected chi connectivity index (χ3v) is 3.80. The number of nitrogens with zero attached hydrogens (tertiary/aromatic N) is 1. The largest absolute Gasteiger partial charge is 0.399 e. The van der Waals surface area contributed by atoms with Gasteiger partial charge in [-0.25, -0.2) is 0 Å². The van der Waals surface area contributed by atoms with Crippen LogP contribution >= 0.6 is 11.8 Å². The summed E-state index contributed by atoms with van der Waals surface area (Å²) in [6.07, 6.45) is 2.02. The first-order chi connectivity index (χ1) is 9.60. The molecule has 0 aliphatic rings. The predicted octanol–water partition coefficient (Wildman–Crippen LogP) is 3.26. The Bertz CT molecular complexity index is 596. The SMILES string of the molecule is CSc1ccc(C(=O)N(C)Cc2cccc(N)c2)cc1. The van der Waals surface area contributed by atoms with Crippen LogP contribution < -0.4 is 5.73 Å². The quantitative estimate of drug-likeness (QED) is 0.693. The molecular formula is C16H18N2OS. The lowest BCUT2D eigenvalue weighted by Crippen LogP contribution is -2.26. The zero-order chi connectivity index (χ0) is 14.5. The van der Waals surface area contributed by atoms with Crippen molar-refractivity contribution in [2.75, 3.05) is 19.0 Å². The molecule has 0 atom stereocenters. The zero-order valence-electron chi connectivity index (χ0n) is 11.7. The smallest absolute Gasteiger partial charge is 0.253 e. The fourth-order valence-electron chi connectivity index (χ4n) is 1.99. The minimum Gasteiger partial charge on any atom is -0.399 e. The predicted molar refractivity (Wildman–Crippen MR) is 84.9 cm³/mol. The summed E-state index contributed by atoms with van der Waals surface area (Å²) in [5.41, 5.74) is 8.20. The Morgan fingerprint density at radius 3 is 2.50 bits per heavy atom. The molecule has 0 bridgehead atoms. The third-order valence-electron chi connectivity index (χ3n) is 3.05. The molecule has 20 heavy (non-hydrogen) atoms. The molecule has 0 saturated carbocycles. The van der Waals surface area contributed by atoms with E-state index in [1.807, 2.05) is 54.8 Å². The standard InChI is InChI=1S/C16H18N2OS/c1-18(11-12-4-3-5-14(17)10-12)16(19)13-6-8-15(20-2)9-7-13/h3-10H,11,17H2,1-2H3. The van der Waals surface area contributed by atoms with Crippen LogP contribution in [0.25, 0.3) is 0 Å². The summed E-state index contributed by atoms with van der Waals surface area (Å²) in [5.74, 6) is 0.0140. The first-order valence-electron chi connectivity index (χ1n) is 6.34. The number of carbonyl (C=O) groups excluding carboxylic acids is 1. The molecule has 0 saturated heterocycles. The van der Waals surface area contributed by atoms with Crippen LogP contribution in [0.4, 0.5) is 5.69 Å². The summed E-state index contributed by atoms with van der Waals surface area (Å²) in [5, 5.41) is 0. The molecule has 2 aromatic rings. The summed E-state index contributed by atoms with van der Waals surface area (Å²) in [7, 11) is 1.80. The molecule has 2 rings (SSSR count). The molecule has 0 radical (unpaired) electrons. The molecule has 0 aliphatic heterocycles. The highest BCUT2D eigenvalue weighted by molar-refractivity contribution is 7.98. The van der Waals surface area contributed by atoms with Crippen molar-refractivity contribution in [1.29, 1.82) is 0 Å². The first kappa shape index (κ1) is 14.5. The molecule has 0 heterocycles. The van der Waals surface area contributed by atoms with Crippen molar-refractivity contribution >= 4 is 23.4 Å². The van der Waals surface area contributed by atoms with E-state index in [-0.39, 0.29) is 5.91 Å². The average molecular weight is 286 g/mol. The number of rotatable bonds is 4. The average Bonchev–Trinajstić information content (AvgIpc) is 2.46. The van der Waals surface area contributed by atoms with E-state index in [4.69, 9.17) is 5.73 Å². The topological polar surface area (TPSA) is 46.3 Å². The molecule has 104 valence electrons. The van der Waals surface area contributed by atoms with E-state index in [2.05, 4.69) is 0 Å². The normalized spacial score (nSPS) is 10.3. The van der Waals surface area contributed by atoms with Crippen LogP contribution in [0, 0.1) is 0 Å². The van der Waals surface area contributed by atoms with Gasteiger partial charge in [-0.1, -0.05) is 12.1 Å². The van der Waals surface area contributed by atoms with Gasteiger partial charge in [0.1, 0.15) is 0 Å². The van der Waals surface area contributed by atoms with Crippen molar-refractivity contribution in [2.24, 2.45) is 0 Å². The van der Waals surface area contributed by atoms with Gasteiger partial charge < -0.3 is 10.6 Å². The van der Waals surface area contributed by atoms with E-state index < -0.39 is 0 Å². The number of hydrogen-bond donors (Lipinski definition) is 1. The van der Waals surface area contributed by atoms with E-state index in [1.165, 1.54) is 0 Å². The number of hydrogen-bond acceptors (Lipinski definition) is 3. The highest BCUT2D eigenvalue weighted by atomic mass is 32.2. The van der Waals surface area contributed by atoms with Gasteiger partial charge in [0.15, 0.2) is 0 Å². The second-order valence-electron chi connectivity index (χ2n) is 4.63. The van der Waals surface area contributed by atoms with Crippen LogP contribution in [0.15, 0.2) is 53.4 Å². The van der Waals surface area contributed by atoms with Gasteiger partial charge in [-0.05, 0) is 48.2 Å². The Morgan fingerprint density at radius 1 is 1.20 bits per heavy atom. The number of thioether (sulfide) groups is 1. The van der Waals surface area contributed by atoms with Gasteiger partial charge in [0.2, 0.25) is 0 Å². The Balaban J connectivity index is 2.07. The van der Waals surface area contributed by atoms with Crippen molar-refractivity contribution in [2.45, 2.75) is 11.4 Å². The lowest BCUT2D eigenvalue weighted by Gasteiger charge is -2.17. The van der Waals surface area contributed by atoms with Crippen LogP contribution in [-0.4, -0.2) is 24.1 Å². The number of amides is 1. The zero-order valence-corrected chi connectivity index (χ0v) is 12.5.